The molecule has 114 valence electrons. The first-order valence-electron chi connectivity index (χ1n) is 7.17. The van der Waals surface area contributed by atoms with Gasteiger partial charge in [0, 0.05) is 31.2 Å². The molecule has 0 unspecified atom stereocenters. The minimum absolute atomic E-state index is 0.0394. The third-order valence-corrected chi connectivity index (χ3v) is 3.64. The van der Waals surface area contributed by atoms with Gasteiger partial charge in [-0.1, -0.05) is 6.07 Å². The van der Waals surface area contributed by atoms with Gasteiger partial charge in [0.15, 0.2) is 0 Å². The molecular weight excluding hydrogens is 270 g/mol. The number of carboxylic acids is 1. The summed E-state index contributed by atoms with van der Waals surface area (Å²) in [6, 6.07) is 5.73. The number of likely N-dealkylation sites (tertiary alicyclic amines) is 1. The number of aromatic nitrogens is 1. The second kappa shape index (κ2) is 6.56. The summed E-state index contributed by atoms with van der Waals surface area (Å²) in [4.78, 5) is 30.8. The molecule has 1 N–H and O–H groups in total. The van der Waals surface area contributed by atoms with Crippen molar-refractivity contribution >= 4 is 12.0 Å². The Balaban J connectivity index is 1.90. The summed E-state index contributed by atoms with van der Waals surface area (Å²) in [7, 11) is 0. The Bertz CT molecular complexity index is 527. The summed E-state index contributed by atoms with van der Waals surface area (Å²) in [5.41, 5.74) is 1.80. The van der Waals surface area contributed by atoms with Gasteiger partial charge in [0.1, 0.15) is 0 Å². The van der Waals surface area contributed by atoms with Gasteiger partial charge < -0.3 is 14.9 Å². The predicted octanol–water partition coefficient (Wildman–Crippen LogP) is 1.74. The van der Waals surface area contributed by atoms with Crippen molar-refractivity contribution in [1.82, 2.24) is 14.8 Å². The van der Waals surface area contributed by atoms with Crippen molar-refractivity contribution in [2.75, 3.05) is 19.6 Å². The zero-order chi connectivity index (χ0) is 15.4. The molecule has 1 saturated heterocycles. The highest BCUT2D eigenvalue weighted by Crippen LogP contribution is 2.21. The van der Waals surface area contributed by atoms with Gasteiger partial charge in [0.25, 0.3) is 0 Å². The lowest BCUT2D eigenvalue weighted by Crippen LogP contribution is -2.55. The molecule has 0 saturated carbocycles. The van der Waals surface area contributed by atoms with Gasteiger partial charge in [-0.05, 0) is 26.0 Å². The maximum atomic E-state index is 12.4. The number of aliphatic carboxylic acids is 1. The lowest BCUT2D eigenvalue weighted by atomic mass is 9.97. The lowest BCUT2D eigenvalue weighted by Gasteiger charge is -2.41. The van der Waals surface area contributed by atoms with E-state index in [1.807, 2.05) is 32.0 Å². The quantitative estimate of drug-likeness (QED) is 0.896. The van der Waals surface area contributed by atoms with Crippen molar-refractivity contribution in [3.63, 3.8) is 0 Å². The van der Waals surface area contributed by atoms with Gasteiger partial charge in [0.2, 0.25) is 0 Å². The van der Waals surface area contributed by atoms with Gasteiger partial charge in [-0.25, -0.2) is 4.79 Å². The minimum atomic E-state index is -0.802. The van der Waals surface area contributed by atoms with E-state index in [9.17, 15) is 9.59 Å². The molecule has 0 aliphatic carbocycles. The Hall–Kier alpha value is -2.11. The second-order valence-corrected chi connectivity index (χ2v) is 5.44. The smallest absolute Gasteiger partial charge is 0.320 e. The molecule has 0 atom stereocenters. The number of aryl methyl sites for hydroxylation is 1. The summed E-state index contributed by atoms with van der Waals surface area (Å²) in [6.45, 7) is 6.01. The number of hydrogen-bond acceptors (Lipinski definition) is 3. The molecule has 2 heterocycles. The average Bonchev–Trinajstić information content (AvgIpc) is 2.39. The fourth-order valence-corrected chi connectivity index (χ4v) is 2.50. The second-order valence-electron chi connectivity index (χ2n) is 5.44. The molecule has 0 spiro atoms. The molecule has 0 radical (unpaired) electrons. The third kappa shape index (κ3) is 3.93. The van der Waals surface area contributed by atoms with Crippen LogP contribution in [0.5, 0.6) is 0 Å². The fourth-order valence-electron chi connectivity index (χ4n) is 2.50. The molecule has 2 amide bonds. The molecule has 21 heavy (non-hydrogen) atoms. The topological polar surface area (TPSA) is 73.7 Å². The first-order chi connectivity index (χ1) is 9.99. The van der Waals surface area contributed by atoms with Crippen molar-refractivity contribution in [3.05, 3.63) is 29.6 Å². The maximum absolute atomic E-state index is 12.4. The van der Waals surface area contributed by atoms with E-state index < -0.39 is 5.97 Å². The number of nitrogens with zero attached hydrogens (tertiary/aromatic N) is 3. The van der Waals surface area contributed by atoms with Crippen molar-refractivity contribution in [1.29, 1.82) is 0 Å². The zero-order valence-electron chi connectivity index (χ0n) is 12.5. The molecule has 1 aromatic heterocycles. The highest BCUT2D eigenvalue weighted by atomic mass is 16.4. The van der Waals surface area contributed by atoms with E-state index in [1.165, 1.54) is 0 Å². The third-order valence-electron chi connectivity index (χ3n) is 3.64. The van der Waals surface area contributed by atoms with Gasteiger partial charge in [-0.2, -0.15) is 0 Å². The molecule has 1 aliphatic rings. The number of hydrogen-bond donors (Lipinski definition) is 1. The summed E-state index contributed by atoms with van der Waals surface area (Å²) >= 11 is 0. The maximum Gasteiger partial charge on any atom is 0.320 e. The van der Waals surface area contributed by atoms with Crippen LogP contribution in [0.4, 0.5) is 4.79 Å². The highest BCUT2D eigenvalue weighted by molar-refractivity contribution is 5.76. The van der Waals surface area contributed by atoms with E-state index >= 15 is 0 Å². The number of urea groups is 1. The number of amides is 2. The first kappa shape index (κ1) is 15.3. The van der Waals surface area contributed by atoms with E-state index in [1.54, 1.807) is 9.80 Å². The minimum Gasteiger partial charge on any atom is -0.481 e. The predicted molar refractivity (Wildman–Crippen MR) is 77.8 cm³/mol. The number of pyridine rings is 1. The number of carbonyl (C=O) groups is 2. The van der Waals surface area contributed by atoms with Gasteiger partial charge in [-0.3, -0.25) is 9.78 Å². The number of rotatable bonds is 5. The largest absolute Gasteiger partial charge is 0.481 e. The summed E-state index contributed by atoms with van der Waals surface area (Å²) in [6.07, 6.45) is 0.134. The van der Waals surface area contributed by atoms with Crippen LogP contribution in [0.1, 0.15) is 24.7 Å². The molecule has 1 aliphatic heterocycles. The Morgan fingerprint density at radius 2 is 2.14 bits per heavy atom. The Morgan fingerprint density at radius 3 is 2.71 bits per heavy atom. The van der Waals surface area contributed by atoms with E-state index in [-0.39, 0.29) is 18.4 Å². The first-order valence-corrected chi connectivity index (χ1v) is 7.17. The van der Waals surface area contributed by atoms with Crippen LogP contribution in [0.2, 0.25) is 0 Å². The van der Waals surface area contributed by atoms with Crippen LogP contribution in [0.15, 0.2) is 18.2 Å². The Labute approximate surface area is 124 Å². The van der Waals surface area contributed by atoms with Gasteiger partial charge in [-0.15, -0.1) is 0 Å². The van der Waals surface area contributed by atoms with E-state index in [2.05, 4.69) is 4.98 Å². The van der Waals surface area contributed by atoms with E-state index in [0.717, 1.165) is 11.4 Å². The normalized spacial score (nSPS) is 14.7. The van der Waals surface area contributed by atoms with E-state index in [0.29, 0.717) is 26.2 Å². The van der Waals surface area contributed by atoms with Crippen molar-refractivity contribution in [2.24, 2.45) is 5.92 Å². The molecule has 1 aromatic rings. The molecule has 1 fully saturated rings. The average molecular weight is 291 g/mol. The van der Waals surface area contributed by atoms with Gasteiger partial charge >= 0.3 is 12.0 Å². The van der Waals surface area contributed by atoms with Crippen LogP contribution in [0, 0.1) is 12.8 Å². The summed E-state index contributed by atoms with van der Waals surface area (Å²) in [5.74, 6) is -0.717. The molecule has 0 bridgehead atoms. The van der Waals surface area contributed by atoms with Crippen molar-refractivity contribution in [3.8, 4) is 0 Å². The van der Waals surface area contributed by atoms with Crippen molar-refractivity contribution in [2.45, 2.75) is 26.8 Å². The molecule has 6 nitrogen and oxygen atoms in total. The van der Waals surface area contributed by atoms with Crippen LogP contribution in [-0.2, 0) is 11.3 Å². The van der Waals surface area contributed by atoms with Crippen LogP contribution in [0.3, 0.4) is 0 Å². The van der Waals surface area contributed by atoms with Crippen LogP contribution in [-0.4, -0.2) is 51.5 Å². The monoisotopic (exact) mass is 291 g/mol. The molecule has 2 rings (SSSR count). The molecule has 0 aromatic carbocycles. The molecular formula is C15H21N3O3. The standard InChI is InChI=1S/C15H21N3O3/c1-3-17(10-13-6-4-5-11(2)16-13)15(21)18-8-12(9-18)7-14(19)20/h4-6,12H,3,7-10H2,1-2H3,(H,19,20). The SMILES string of the molecule is CCN(Cc1cccc(C)n1)C(=O)N1CC(CC(=O)O)C1. The zero-order valence-corrected chi connectivity index (χ0v) is 12.5. The Morgan fingerprint density at radius 1 is 1.43 bits per heavy atom. The van der Waals surface area contributed by atoms with Crippen molar-refractivity contribution < 1.29 is 14.7 Å². The molecule has 6 heteroatoms. The van der Waals surface area contributed by atoms with Crippen LogP contribution in [0.25, 0.3) is 0 Å². The Kier molecular flexibility index (Phi) is 4.77. The van der Waals surface area contributed by atoms with Gasteiger partial charge in [0.05, 0.1) is 18.7 Å². The highest BCUT2D eigenvalue weighted by Gasteiger charge is 2.34. The number of carboxylic acid groups (broad SMARTS) is 1. The lowest BCUT2D eigenvalue weighted by molar-refractivity contribution is -0.139. The van der Waals surface area contributed by atoms with Crippen LogP contribution >= 0.6 is 0 Å². The summed E-state index contributed by atoms with van der Waals surface area (Å²) in [5, 5.41) is 8.73. The summed E-state index contributed by atoms with van der Waals surface area (Å²) < 4.78 is 0. The number of carbonyl (C=O) groups excluding carboxylic acids is 1. The van der Waals surface area contributed by atoms with E-state index in [4.69, 9.17) is 5.11 Å². The fraction of sp³-hybridized carbons (Fsp3) is 0.533. The van der Waals surface area contributed by atoms with Crippen LogP contribution < -0.4 is 0 Å².